The van der Waals surface area contributed by atoms with Gasteiger partial charge in [0.2, 0.25) is 15.9 Å². The van der Waals surface area contributed by atoms with E-state index in [0.717, 1.165) is 16.3 Å². The topological polar surface area (TPSA) is 116 Å². The van der Waals surface area contributed by atoms with Crippen LogP contribution in [-0.4, -0.2) is 31.8 Å². The number of amides is 1. The summed E-state index contributed by atoms with van der Waals surface area (Å²) in [5.41, 5.74) is 7.70. The zero-order valence-electron chi connectivity index (χ0n) is 16.1. The Labute approximate surface area is 174 Å². The van der Waals surface area contributed by atoms with Gasteiger partial charge in [0.1, 0.15) is 6.04 Å². The maximum absolute atomic E-state index is 12.9. The Kier molecular flexibility index (Phi) is 5.16. The molecule has 30 heavy (non-hydrogen) atoms. The van der Waals surface area contributed by atoms with Gasteiger partial charge in [0.15, 0.2) is 0 Å². The number of nitrogens with one attached hydrogen (secondary N) is 1. The fourth-order valence-corrected chi connectivity index (χ4v) is 4.89. The third kappa shape index (κ3) is 3.99. The van der Waals surface area contributed by atoms with Gasteiger partial charge in [-0.15, -0.1) is 0 Å². The number of nitrogens with zero attached hydrogens (tertiary/aromatic N) is 2. The molecular formula is C22H20N4O3S. The zero-order valence-corrected chi connectivity index (χ0v) is 16.9. The third-order valence-corrected chi connectivity index (χ3v) is 6.64. The lowest BCUT2D eigenvalue weighted by atomic mass is 10.1. The Balaban J connectivity index is 1.50. The molecule has 3 aromatic rings. The first kappa shape index (κ1) is 19.9. The Bertz CT molecular complexity index is 1280. The summed E-state index contributed by atoms with van der Waals surface area (Å²) < 4.78 is 28.3. The van der Waals surface area contributed by atoms with E-state index in [1.165, 1.54) is 6.07 Å². The Morgan fingerprint density at radius 2 is 1.90 bits per heavy atom. The maximum atomic E-state index is 12.9. The number of nitrogens with two attached hydrogens (primary N) is 1. The number of nitriles is 1. The zero-order chi connectivity index (χ0) is 21.3. The first-order valence-corrected chi connectivity index (χ1v) is 10.9. The monoisotopic (exact) mass is 420 g/mol. The number of hydrogen-bond donors (Lipinski definition) is 2. The van der Waals surface area contributed by atoms with Gasteiger partial charge in [0, 0.05) is 18.8 Å². The molecular weight excluding hydrogens is 400 g/mol. The molecule has 1 aliphatic rings. The molecule has 0 spiro atoms. The molecule has 1 saturated heterocycles. The number of likely N-dealkylation sites (tertiary alicyclic amines) is 1. The summed E-state index contributed by atoms with van der Waals surface area (Å²) in [4.78, 5) is 14.4. The predicted molar refractivity (Wildman–Crippen MR) is 114 cm³/mol. The maximum Gasteiger partial charge on any atom is 0.241 e. The minimum Gasteiger partial charge on any atom is -0.399 e. The molecule has 0 radical (unpaired) electrons. The number of hydrogen-bond acceptors (Lipinski definition) is 5. The highest BCUT2D eigenvalue weighted by Crippen LogP contribution is 2.23. The van der Waals surface area contributed by atoms with E-state index < -0.39 is 16.1 Å². The van der Waals surface area contributed by atoms with Crippen LogP contribution in [0.3, 0.4) is 0 Å². The number of rotatable bonds is 5. The molecule has 0 aromatic heterocycles. The van der Waals surface area contributed by atoms with Gasteiger partial charge >= 0.3 is 0 Å². The quantitative estimate of drug-likeness (QED) is 0.615. The van der Waals surface area contributed by atoms with Crippen LogP contribution in [0.5, 0.6) is 0 Å². The van der Waals surface area contributed by atoms with Gasteiger partial charge in [0.05, 0.1) is 16.5 Å². The Hall–Kier alpha value is -3.41. The number of carbonyl (C=O) groups is 1. The van der Waals surface area contributed by atoms with Crippen LogP contribution in [0.2, 0.25) is 0 Å². The lowest BCUT2D eigenvalue weighted by Crippen LogP contribution is -2.41. The Morgan fingerprint density at radius 1 is 1.10 bits per heavy atom. The van der Waals surface area contributed by atoms with Gasteiger partial charge in [-0.3, -0.25) is 4.79 Å². The van der Waals surface area contributed by atoms with Gasteiger partial charge in [-0.25, -0.2) is 8.42 Å². The standard InChI is InChI=1S/C22H20N4O3S/c23-13-15-2-1-3-16(10-15)14-26-9-8-21(22(26)27)25-30(28,29)20-7-5-17-4-6-19(24)11-18(17)12-20/h1-7,10-12,21,25H,8-9,14,24H2/t21-/m0/s1. The lowest BCUT2D eigenvalue weighted by Gasteiger charge is -2.17. The molecule has 4 rings (SSSR count). The first-order valence-electron chi connectivity index (χ1n) is 9.45. The summed E-state index contributed by atoms with van der Waals surface area (Å²) in [6.45, 7) is 0.777. The van der Waals surface area contributed by atoms with Gasteiger partial charge in [0.25, 0.3) is 0 Å². The van der Waals surface area contributed by atoms with Crippen molar-refractivity contribution in [3.8, 4) is 6.07 Å². The lowest BCUT2D eigenvalue weighted by molar-refractivity contribution is -0.129. The summed E-state index contributed by atoms with van der Waals surface area (Å²) in [6.07, 6.45) is 0.385. The molecule has 0 aliphatic carbocycles. The fraction of sp³-hybridized carbons (Fsp3) is 0.182. The summed E-state index contributed by atoms with van der Waals surface area (Å²) in [5.74, 6) is -0.272. The van der Waals surface area contributed by atoms with Crippen molar-refractivity contribution in [3.05, 3.63) is 71.8 Å². The van der Waals surface area contributed by atoms with Crippen LogP contribution in [0.1, 0.15) is 17.5 Å². The molecule has 152 valence electrons. The molecule has 8 heteroatoms. The molecule has 0 bridgehead atoms. The number of sulfonamides is 1. The summed E-state index contributed by atoms with van der Waals surface area (Å²) in [5, 5.41) is 10.6. The van der Waals surface area contributed by atoms with Gasteiger partial charge in [-0.1, -0.05) is 24.3 Å². The van der Waals surface area contributed by atoms with E-state index in [4.69, 9.17) is 11.0 Å². The molecule has 3 aromatic carbocycles. The van der Waals surface area contributed by atoms with E-state index in [1.54, 1.807) is 47.4 Å². The van der Waals surface area contributed by atoms with Crippen molar-refractivity contribution in [1.29, 1.82) is 5.26 Å². The molecule has 1 aliphatic heterocycles. The summed E-state index contributed by atoms with van der Waals surface area (Å²) >= 11 is 0. The SMILES string of the molecule is N#Cc1cccc(CN2CC[C@H](NS(=O)(=O)c3ccc4ccc(N)cc4c3)C2=O)c1. The molecule has 1 atom stereocenters. The molecule has 3 N–H and O–H groups in total. The van der Waals surface area contributed by atoms with Crippen molar-refractivity contribution in [2.45, 2.75) is 23.9 Å². The van der Waals surface area contributed by atoms with E-state index in [1.807, 2.05) is 12.1 Å². The predicted octanol–water partition coefficient (Wildman–Crippen LogP) is 2.37. The van der Waals surface area contributed by atoms with Crippen molar-refractivity contribution >= 4 is 32.4 Å². The number of nitrogen functional groups attached to an aromatic ring is 1. The van der Waals surface area contributed by atoms with Crippen LogP contribution in [0, 0.1) is 11.3 Å². The summed E-state index contributed by atoms with van der Waals surface area (Å²) in [7, 11) is -3.87. The number of benzene rings is 3. The van der Waals surface area contributed by atoms with Crippen LogP contribution in [0.15, 0.2) is 65.6 Å². The van der Waals surface area contributed by atoms with Crippen molar-refractivity contribution < 1.29 is 13.2 Å². The highest BCUT2D eigenvalue weighted by molar-refractivity contribution is 7.89. The average Bonchev–Trinajstić information content (AvgIpc) is 3.06. The second kappa shape index (κ2) is 7.78. The first-order chi connectivity index (χ1) is 14.4. The smallest absolute Gasteiger partial charge is 0.241 e. The van der Waals surface area contributed by atoms with Crippen LogP contribution < -0.4 is 10.5 Å². The Morgan fingerprint density at radius 3 is 2.70 bits per heavy atom. The normalized spacial score (nSPS) is 16.7. The van der Waals surface area contributed by atoms with Gasteiger partial charge in [-0.2, -0.15) is 9.98 Å². The van der Waals surface area contributed by atoms with Crippen LogP contribution >= 0.6 is 0 Å². The molecule has 1 heterocycles. The second-order valence-electron chi connectivity index (χ2n) is 7.30. The number of anilines is 1. The van der Waals surface area contributed by atoms with Gasteiger partial charge < -0.3 is 10.6 Å². The van der Waals surface area contributed by atoms with E-state index in [-0.39, 0.29) is 10.8 Å². The van der Waals surface area contributed by atoms with E-state index in [9.17, 15) is 13.2 Å². The minimum atomic E-state index is -3.87. The van der Waals surface area contributed by atoms with Crippen LogP contribution in [0.25, 0.3) is 10.8 Å². The number of fused-ring (bicyclic) bond motifs is 1. The van der Waals surface area contributed by atoms with Gasteiger partial charge in [-0.05, 0) is 59.2 Å². The van der Waals surface area contributed by atoms with E-state index in [2.05, 4.69) is 10.8 Å². The molecule has 0 unspecified atom stereocenters. The van der Waals surface area contributed by atoms with Crippen molar-refractivity contribution in [3.63, 3.8) is 0 Å². The van der Waals surface area contributed by atoms with Crippen molar-refractivity contribution in [2.24, 2.45) is 0 Å². The third-order valence-electron chi connectivity index (χ3n) is 5.17. The van der Waals surface area contributed by atoms with E-state index in [0.29, 0.717) is 30.8 Å². The highest BCUT2D eigenvalue weighted by Gasteiger charge is 2.34. The largest absolute Gasteiger partial charge is 0.399 e. The highest BCUT2D eigenvalue weighted by atomic mass is 32.2. The van der Waals surface area contributed by atoms with Crippen molar-refractivity contribution in [2.75, 3.05) is 12.3 Å². The van der Waals surface area contributed by atoms with Crippen LogP contribution in [-0.2, 0) is 21.4 Å². The molecule has 7 nitrogen and oxygen atoms in total. The second-order valence-corrected chi connectivity index (χ2v) is 9.02. The number of carbonyl (C=O) groups excluding carboxylic acids is 1. The fourth-order valence-electron chi connectivity index (χ4n) is 3.63. The minimum absolute atomic E-state index is 0.0913. The summed E-state index contributed by atoms with van der Waals surface area (Å²) in [6, 6.07) is 18.4. The molecule has 0 saturated carbocycles. The molecule has 1 amide bonds. The average molecular weight is 420 g/mol. The van der Waals surface area contributed by atoms with Crippen LogP contribution in [0.4, 0.5) is 5.69 Å². The van der Waals surface area contributed by atoms with E-state index >= 15 is 0 Å². The molecule has 1 fully saturated rings. The van der Waals surface area contributed by atoms with Crippen molar-refractivity contribution in [1.82, 2.24) is 9.62 Å².